The third-order valence-electron chi connectivity index (χ3n) is 1.49. The molecule has 4 nitrogen and oxygen atoms in total. The van der Waals surface area contributed by atoms with Crippen LogP contribution >= 0.6 is 0 Å². The lowest BCUT2D eigenvalue weighted by Gasteiger charge is -2.17. The highest BCUT2D eigenvalue weighted by molar-refractivity contribution is 5.82. The highest BCUT2D eigenvalue weighted by Crippen LogP contribution is 1.89. The molecule has 0 heterocycles. The van der Waals surface area contributed by atoms with Gasteiger partial charge < -0.3 is 5.32 Å². The number of carbonyl (C=O) groups is 1. The van der Waals surface area contributed by atoms with E-state index in [-0.39, 0.29) is 18.5 Å². The van der Waals surface area contributed by atoms with E-state index in [1.54, 1.807) is 32.2 Å². The molecule has 0 rings (SSSR count). The van der Waals surface area contributed by atoms with Gasteiger partial charge >= 0.3 is 0 Å². The molecule has 1 amide bonds. The Morgan fingerprint density at radius 2 is 2.18 bits per heavy atom. The number of carbonyl (C=O) groups excluding carboxylic acids is 2. The SMILES string of the molecule is CC(C(=O)NC[C]=O)N(C)C. The average molecular weight is 157 g/mol. The summed E-state index contributed by atoms with van der Waals surface area (Å²) in [5.41, 5.74) is 0. The molecule has 0 bridgehead atoms. The van der Waals surface area contributed by atoms with Crippen LogP contribution in [-0.2, 0) is 9.59 Å². The summed E-state index contributed by atoms with van der Waals surface area (Å²) in [5, 5.41) is 2.41. The first-order valence-corrected chi connectivity index (χ1v) is 3.38. The molecule has 1 atom stereocenters. The van der Waals surface area contributed by atoms with Crippen LogP contribution in [0.2, 0.25) is 0 Å². The number of amides is 1. The smallest absolute Gasteiger partial charge is 0.237 e. The first-order chi connectivity index (χ1) is 5.09. The van der Waals surface area contributed by atoms with Gasteiger partial charge in [-0.3, -0.25) is 14.5 Å². The minimum absolute atomic E-state index is 0.0307. The molecule has 0 aliphatic rings. The predicted molar refractivity (Wildman–Crippen MR) is 41.9 cm³/mol. The molecule has 0 aromatic rings. The highest BCUT2D eigenvalue weighted by atomic mass is 16.2. The van der Waals surface area contributed by atoms with Crippen molar-refractivity contribution in [2.45, 2.75) is 13.0 Å². The second-order valence-electron chi connectivity index (χ2n) is 2.50. The number of hydrogen-bond acceptors (Lipinski definition) is 3. The maximum absolute atomic E-state index is 11.0. The van der Waals surface area contributed by atoms with Crippen molar-refractivity contribution in [3.8, 4) is 0 Å². The fourth-order valence-corrected chi connectivity index (χ4v) is 0.505. The molecule has 0 fully saturated rings. The predicted octanol–water partition coefficient (Wildman–Crippen LogP) is -0.838. The Labute approximate surface area is 66.6 Å². The fourth-order valence-electron chi connectivity index (χ4n) is 0.505. The summed E-state index contributed by atoms with van der Waals surface area (Å²) < 4.78 is 0. The molecule has 0 aliphatic carbocycles. The molecule has 63 valence electrons. The van der Waals surface area contributed by atoms with Gasteiger partial charge in [-0.05, 0) is 21.0 Å². The Kier molecular flexibility index (Phi) is 4.45. The largest absolute Gasteiger partial charge is 0.347 e. The molecule has 0 spiro atoms. The Balaban J connectivity index is 3.73. The third-order valence-corrected chi connectivity index (χ3v) is 1.49. The van der Waals surface area contributed by atoms with Crippen molar-refractivity contribution in [1.82, 2.24) is 10.2 Å². The maximum atomic E-state index is 11.0. The highest BCUT2D eigenvalue weighted by Gasteiger charge is 2.13. The van der Waals surface area contributed by atoms with Crippen LogP contribution in [0.25, 0.3) is 0 Å². The van der Waals surface area contributed by atoms with Crippen molar-refractivity contribution in [2.75, 3.05) is 20.6 Å². The Hall–Kier alpha value is -0.900. The van der Waals surface area contributed by atoms with Gasteiger partial charge in [0.1, 0.15) is 0 Å². The van der Waals surface area contributed by atoms with Crippen LogP contribution in [0.5, 0.6) is 0 Å². The van der Waals surface area contributed by atoms with Crippen molar-refractivity contribution >= 4 is 12.2 Å². The van der Waals surface area contributed by atoms with Crippen LogP contribution in [-0.4, -0.2) is 43.8 Å². The van der Waals surface area contributed by atoms with E-state index in [0.717, 1.165) is 0 Å². The summed E-state index contributed by atoms with van der Waals surface area (Å²) in [4.78, 5) is 22.5. The minimum Gasteiger partial charge on any atom is -0.347 e. The molecular formula is C7H13N2O2. The van der Waals surface area contributed by atoms with E-state index >= 15 is 0 Å². The second kappa shape index (κ2) is 4.85. The second-order valence-corrected chi connectivity index (χ2v) is 2.50. The van der Waals surface area contributed by atoms with Crippen molar-refractivity contribution in [3.05, 3.63) is 0 Å². The van der Waals surface area contributed by atoms with Crippen molar-refractivity contribution in [1.29, 1.82) is 0 Å². The zero-order valence-electron chi connectivity index (χ0n) is 7.05. The van der Waals surface area contributed by atoms with Gasteiger partial charge in [0.25, 0.3) is 0 Å². The molecule has 0 aliphatic heterocycles. The fraction of sp³-hybridized carbons (Fsp3) is 0.714. The van der Waals surface area contributed by atoms with Gasteiger partial charge in [0, 0.05) is 0 Å². The summed E-state index contributed by atoms with van der Waals surface area (Å²) in [6.45, 7) is 1.73. The summed E-state index contributed by atoms with van der Waals surface area (Å²) in [6, 6.07) is -0.205. The zero-order chi connectivity index (χ0) is 8.85. The first-order valence-electron chi connectivity index (χ1n) is 3.38. The van der Waals surface area contributed by atoms with Gasteiger partial charge in [0.05, 0.1) is 12.6 Å². The van der Waals surface area contributed by atoms with E-state index in [2.05, 4.69) is 5.32 Å². The lowest BCUT2D eigenvalue weighted by atomic mass is 10.3. The van der Waals surface area contributed by atoms with E-state index in [4.69, 9.17) is 0 Å². The molecule has 0 saturated heterocycles. The van der Waals surface area contributed by atoms with Gasteiger partial charge in [-0.1, -0.05) is 0 Å². The standard InChI is InChI=1S/C7H13N2O2/c1-6(9(2)3)7(11)8-4-5-10/h6H,4H2,1-3H3,(H,8,11). The molecule has 4 heteroatoms. The van der Waals surface area contributed by atoms with Crippen LogP contribution in [0.4, 0.5) is 0 Å². The quantitative estimate of drug-likeness (QED) is 0.579. The van der Waals surface area contributed by atoms with E-state index in [9.17, 15) is 9.59 Å². The minimum atomic E-state index is -0.205. The number of likely N-dealkylation sites (N-methyl/N-ethyl adjacent to an activating group) is 1. The van der Waals surface area contributed by atoms with Crippen molar-refractivity contribution in [3.63, 3.8) is 0 Å². The lowest BCUT2D eigenvalue weighted by molar-refractivity contribution is -0.124. The Bertz CT molecular complexity index is 145. The molecule has 0 aromatic heterocycles. The van der Waals surface area contributed by atoms with E-state index in [1.165, 1.54) is 0 Å². The molecule has 1 N–H and O–H groups in total. The van der Waals surface area contributed by atoms with Gasteiger partial charge in [-0.25, -0.2) is 0 Å². The monoisotopic (exact) mass is 157 g/mol. The number of nitrogens with one attached hydrogen (secondary N) is 1. The van der Waals surface area contributed by atoms with Crippen LogP contribution in [0.15, 0.2) is 0 Å². The van der Waals surface area contributed by atoms with Crippen LogP contribution < -0.4 is 5.32 Å². The number of nitrogens with zero attached hydrogens (tertiary/aromatic N) is 1. The molecule has 1 unspecified atom stereocenters. The van der Waals surface area contributed by atoms with Gasteiger partial charge in [0.15, 0.2) is 0 Å². The maximum Gasteiger partial charge on any atom is 0.237 e. The molecule has 0 saturated carbocycles. The summed E-state index contributed by atoms with van der Waals surface area (Å²) in [5.74, 6) is -0.154. The summed E-state index contributed by atoms with van der Waals surface area (Å²) in [6.07, 6.45) is 1.59. The number of hydrogen-bond donors (Lipinski definition) is 1. The summed E-state index contributed by atoms with van der Waals surface area (Å²) in [7, 11) is 3.60. The van der Waals surface area contributed by atoms with E-state index in [1.807, 2.05) is 0 Å². The third kappa shape index (κ3) is 3.72. The molecule has 0 aromatic carbocycles. The zero-order valence-corrected chi connectivity index (χ0v) is 7.05. The molecule has 1 radical (unpaired) electrons. The Morgan fingerprint density at radius 3 is 2.55 bits per heavy atom. The topological polar surface area (TPSA) is 49.4 Å². The lowest BCUT2D eigenvalue weighted by Crippen LogP contribution is -2.41. The van der Waals surface area contributed by atoms with E-state index < -0.39 is 0 Å². The normalized spacial score (nSPS) is 12.7. The summed E-state index contributed by atoms with van der Waals surface area (Å²) >= 11 is 0. The van der Waals surface area contributed by atoms with Crippen molar-refractivity contribution < 1.29 is 9.59 Å². The Morgan fingerprint density at radius 1 is 1.64 bits per heavy atom. The van der Waals surface area contributed by atoms with Crippen LogP contribution in [0.3, 0.4) is 0 Å². The van der Waals surface area contributed by atoms with Crippen LogP contribution in [0.1, 0.15) is 6.92 Å². The molecule has 11 heavy (non-hydrogen) atoms. The number of rotatable bonds is 4. The average Bonchev–Trinajstić information content (AvgIpc) is 1.98. The van der Waals surface area contributed by atoms with Crippen LogP contribution in [0, 0.1) is 0 Å². The van der Waals surface area contributed by atoms with Gasteiger partial charge in [0.2, 0.25) is 12.2 Å². The van der Waals surface area contributed by atoms with Crippen molar-refractivity contribution in [2.24, 2.45) is 0 Å². The van der Waals surface area contributed by atoms with Gasteiger partial charge in [-0.15, -0.1) is 0 Å². The molecular weight excluding hydrogens is 144 g/mol. The van der Waals surface area contributed by atoms with E-state index in [0.29, 0.717) is 0 Å². The first kappa shape index (κ1) is 10.1. The van der Waals surface area contributed by atoms with Gasteiger partial charge in [-0.2, -0.15) is 0 Å².